The summed E-state index contributed by atoms with van der Waals surface area (Å²) in [4.78, 5) is 0. The van der Waals surface area contributed by atoms with Gasteiger partial charge < -0.3 is 0 Å². The minimum Gasteiger partial charge on any atom is -0.198 e. The summed E-state index contributed by atoms with van der Waals surface area (Å²) in [5.74, 6) is 0. The van der Waals surface area contributed by atoms with E-state index in [4.69, 9.17) is 0 Å². The van der Waals surface area contributed by atoms with Crippen molar-refractivity contribution in [1.82, 2.24) is 0 Å². The lowest BCUT2D eigenvalue weighted by Gasteiger charge is -2.14. The van der Waals surface area contributed by atoms with Crippen molar-refractivity contribution in [2.75, 3.05) is 0 Å². The Bertz CT molecular complexity index is 609. The molecule has 0 N–H and O–H groups in total. The predicted octanol–water partition coefficient (Wildman–Crippen LogP) is 3.47. The molecule has 0 amide bonds. The Labute approximate surface area is 108 Å². The molecule has 18 heavy (non-hydrogen) atoms. The van der Waals surface area contributed by atoms with Crippen molar-refractivity contribution >= 4 is 11.6 Å². The molecular formula is C17H16N+. The van der Waals surface area contributed by atoms with Gasteiger partial charge in [0.05, 0.1) is 0 Å². The molecule has 2 heterocycles. The summed E-state index contributed by atoms with van der Waals surface area (Å²) in [6.07, 6.45) is 5.43. The maximum atomic E-state index is 4.24. The first-order valence-corrected chi connectivity index (χ1v) is 6.28. The number of aryl methyl sites for hydroxylation is 1. The van der Waals surface area contributed by atoms with Crippen LogP contribution in [-0.2, 0) is 6.54 Å². The van der Waals surface area contributed by atoms with Gasteiger partial charge in [0.25, 0.3) is 0 Å². The van der Waals surface area contributed by atoms with Gasteiger partial charge >= 0.3 is 0 Å². The molecule has 1 nitrogen and oxygen atoms in total. The number of fused-ring (bicyclic) bond motifs is 1. The van der Waals surface area contributed by atoms with E-state index in [0.717, 1.165) is 18.5 Å². The Morgan fingerprint density at radius 2 is 1.78 bits per heavy atom. The van der Waals surface area contributed by atoms with Gasteiger partial charge in [-0.15, -0.1) is 0 Å². The zero-order valence-corrected chi connectivity index (χ0v) is 10.3. The van der Waals surface area contributed by atoms with Crippen LogP contribution in [-0.4, -0.2) is 0 Å². The molecule has 1 aliphatic rings. The molecule has 2 aromatic rings. The third kappa shape index (κ3) is 2.00. The van der Waals surface area contributed by atoms with E-state index in [-0.39, 0.29) is 0 Å². The van der Waals surface area contributed by atoms with Crippen molar-refractivity contribution in [2.24, 2.45) is 0 Å². The Balaban J connectivity index is 1.96. The Kier molecular flexibility index (Phi) is 2.81. The van der Waals surface area contributed by atoms with Crippen molar-refractivity contribution in [3.63, 3.8) is 0 Å². The van der Waals surface area contributed by atoms with Gasteiger partial charge in [-0.1, -0.05) is 36.9 Å². The van der Waals surface area contributed by atoms with Crippen LogP contribution in [0.15, 0.2) is 66.9 Å². The summed E-state index contributed by atoms with van der Waals surface area (Å²) in [7, 11) is 0. The van der Waals surface area contributed by atoms with Gasteiger partial charge in [-0.3, -0.25) is 0 Å². The number of hydrogen-bond donors (Lipinski definition) is 0. The molecule has 88 valence electrons. The van der Waals surface area contributed by atoms with E-state index in [1.165, 1.54) is 16.8 Å². The van der Waals surface area contributed by atoms with Crippen molar-refractivity contribution in [1.29, 1.82) is 0 Å². The van der Waals surface area contributed by atoms with E-state index in [2.05, 4.69) is 65.9 Å². The SMILES string of the molecule is C=C(C1=Cc2cccc[n+]2CC1)c1ccccc1. The minimum atomic E-state index is 1.04. The highest BCUT2D eigenvalue weighted by Gasteiger charge is 2.17. The lowest BCUT2D eigenvalue weighted by atomic mass is 9.94. The van der Waals surface area contributed by atoms with E-state index in [1.54, 1.807) is 0 Å². The van der Waals surface area contributed by atoms with Gasteiger partial charge in [0, 0.05) is 24.6 Å². The highest BCUT2D eigenvalue weighted by Crippen LogP contribution is 2.26. The molecule has 0 aliphatic carbocycles. The molecule has 0 saturated carbocycles. The lowest BCUT2D eigenvalue weighted by Crippen LogP contribution is -2.38. The number of pyridine rings is 1. The third-order valence-corrected chi connectivity index (χ3v) is 3.43. The summed E-state index contributed by atoms with van der Waals surface area (Å²) in [6.45, 7) is 5.28. The molecule has 0 atom stereocenters. The smallest absolute Gasteiger partial charge is 0.198 e. The van der Waals surface area contributed by atoms with E-state index in [9.17, 15) is 0 Å². The quantitative estimate of drug-likeness (QED) is 0.700. The van der Waals surface area contributed by atoms with Gasteiger partial charge in [0.15, 0.2) is 12.7 Å². The van der Waals surface area contributed by atoms with Gasteiger partial charge in [-0.25, -0.2) is 0 Å². The average Bonchev–Trinajstić information content (AvgIpc) is 2.47. The van der Waals surface area contributed by atoms with Crippen LogP contribution in [0.3, 0.4) is 0 Å². The van der Waals surface area contributed by atoms with Crippen LogP contribution in [0.2, 0.25) is 0 Å². The van der Waals surface area contributed by atoms with Crippen LogP contribution >= 0.6 is 0 Å². The highest BCUT2D eigenvalue weighted by molar-refractivity contribution is 5.82. The molecule has 0 saturated heterocycles. The first kappa shape index (κ1) is 11.0. The van der Waals surface area contributed by atoms with Crippen molar-refractivity contribution < 1.29 is 4.57 Å². The number of allylic oxidation sites excluding steroid dienone is 2. The molecule has 1 heteroatoms. The predicted molar refractivity (Wildman–Crippen MR) is 74.7 cm³/mol. The number of benzene rings is 1. The topological polar surface area (TPSA) is 3.88 Å². The van der Waals surface area contributed by atoms with Crippen molar-refractivity contribution in [3.8, 4) is 0 Å². The second kappa shape index (κ2) is 4.61. The minimum absolute atomic E-state index is 1.04. The molecule has 0 fully saturated rings. The second-order valence-corrected chi connectivity index (χ2v) is 4.58. The van der Waals surface area contributed by atoms with Crippen molar-refractivity contribution in [3.05, 3.63) is 78.1 Å². The fraction of sp³-hybridized carbons (Fsp3) is 0.118. The molecule has 1 aromatic carbocycles. The zero-order chi connectivity index (χ0) is 12.4. The summed E-state index contributed by atoms with van der Waals surface area (Å²) < 4.78 is 2.28. The summed E-state index contributed by atoms with van der Waals surface area (Å²) in [5.41, 5.74) is 4.96. The van der Waals surface area contributed by atoms with Crippen LogP contribution in [0.5, 0.6) is 0 Å². The van der Waals surface area contributed by atoms with Crippen LogP contribution in [0.1, 0.15) is 17.7 Å². The van der Waals surface area contributed by atoms with E-state index < -0.39 is 0 Å². The number of hydrogen-bond acceptors (Lipinski definition) is 0. The van der Waals surface area contributed by atoms with Gasteiger partial charge in [0.1, 0.15) is 0 Å². The van der Waals surface area contributed by atoms with Crippen molar-refractivity contribution in [2.45, 2.75) is 13.0 Å². The molecule has 3 rings (SSSR count). The standard InChI is InChI=1S/C17H16N/c1-14(15-7-3-2-4-8-15)16-10-12-18-11-6-5-9-17(18)13-16/h2-9,11,13H,1,10,12H2/q+1. The number of aromatic nitrogens is 1. The summed E-state index contributed by atoms with van der Waals surface area (Å²) in [6, 6.07) is 16.7. The second-order valence-electron chi connectivity index (χ2n) is 4.58. The molecule has 0 unspecified atom stereocenters. The van der Waals surface area contributed by atoms with Gasteiger partial charge in [0.2, 0.25) is 5.69 Å². The zero-order valence-electron chi connectivity index (χ0n) is 10.3. The van der Waals surface area contributed by atoms with Gasteiger partial charge in [-0.05, 0) is 22.8 Å². The summed E-state index contributed by atoms with van der Waals surface area (Å²) in [5, 5.41) is 0. The van der Waals surface area contributed by atoms with Crippen LogP contribution < -0.4 is 4.57 Å². The van der Waals surface area contributed by atoms with E-state index in [0.29, 0.717) is 0 Å². The average molecular weight is 234 g/mol. The molecule has 1 aliphatic heterocycles. The molecule has 0 radical (unpaired) electrons. The maximum Gasteiger partial charge on any atom is 0.205 e. The van der Waals surface area contributed by atoms with Crippen LogP contribution in [0.4, 0.5) is 0 Å². The number of nitrogens with zero attached hydrogens (tertiary/aromatic N) is 1. The molecule has 0 spiro atoms. The number of rotatable bonds is 2. The Hall–Kier alpha value is -2.15. The highest BCUT2D eigenvalue weighted by atomic mass is 15.0. The van der Waals surface area contributed by atoms with E-state index in [1.807, 2.05) is 6.07 Å². The van der Waals surface area contributed by atoms with Crippen LogP contribution in [0, 0.1) is 0 Å². The summed E-state index contributed by atoms with van der Waals surface area (Å²) >= 11 is 0. The fourth-order valence-electron chi connectivity index (χ4n) is 2.38. The Morgan fingerprint density at radius 1 is 1.00 bits per heavy atom. The van der Waals surface area contributed by atoms with E-state index >= 15 is 0 Å². The molecular weight excluding hydrogens is 218 g/mol. The molecule has 1 aromatic heterocycles. The largest absolute Gasteiger partial charge is 0.205 e. The Morgan fingerprint density at radius 3 is 2.61 bits per heavy atom. The molecule has 0 bridgehead atoms. The van der Waals surface area contributed by atoms with Gasteiger partial charge in [-0.2, -0.15) is 4.57 Å². The fourth-order valence-corrected chi connectivity index (χ4v) is 2.38. The monoisotopic (exact) mass is 234 g/mol. The third-order valence-electron chi connectivity index (χ3n) is 3.43. The first-order chi connectivity index (χ1) is 8.84. The normalized spacial score (nSPS) is 13.7. The first-order valence-electron chi connectivity index (χ1n) is 6.28. The van der Waals surface area contributed by atoms with Crippen LogP contribution in [0.25, 0.3) is 11.6 Å². The lowest BCUT2D eigenvalue weighted by molar-refractivity contribution is -0.699. The maximum absolute atomic E-state index is 4.24.